The topological polar surface area (TPSA) is 79.0 Å². The number of benzene rings is 2. The Morgan fingerprint density at radius 3 is 2.18 bits per heavy atom. The van der Waals surface area contributed by atoms with Crippen molar-refractivity contribution in [1.29, 1.82) is 0 Å². The summed E-state index contributed by atoms with van der Waals surface area (Å²) in [7, 11) is 0. The van der Waals surface area contributed by atoms with Crippen molar-refractivity contribution in [3.05, 3.63) is 71.5 Å². The van der Waals surface area contributed by atoms with Crippen LogP contribution in [0, 0.1) is 5.82 Å². The zero-order valence-electron chi connectivity index (χ0n) is 18.8. The number of nitrogens with zero attached hydrogens (tertiary/aromatic N) is 2. The van der Waals surface area contributed by atoms with E-state index >= 15 is 0 Å². The molecule has 2 fully saturated rings. The molecule has 2 heterocycles. The summed E-state index contributed by atoms with van der Waals surface area (Å²) in [5.41, 5.74) is -0.0773. The lowest BCUT2D eigenvalue weighted by atomic mass is 9.96. The molecular weight excluding hydrogens is 425 g/mol. The van der Waals surface area contributed by atoms with Gasteiger partial charge in [0.2, 0.25) is 5.91 Å². The molecule has 174 valence electrons. The van der Waals surface area contributed by atoms with E-state index in [4.69, 9.17) is 4.74 Å². The minimum absolute atomic E-state index is 0.0714. The molecule has 2 aromatic rings. The molecule has 2 aromatic carbocycles. The van der Waals surface area contributed by atoms with Gasteiger partial charge in [-0.3, -0.25) is 19.3 Å². The number of amides is 3. The molecule has 0 radical (unpaired) electrons. The Morgan fingerprint density at radius 1 is 0.970 bits per heavy atom. The number of hydrogen-bond donors (Lipinski definition) is 1. The van der Waals surface area contributed by atoms with Crippen molar-refractivity contribution in [2.75, 3.05) is 19.7 Å². The van der Waals surface area contributed by atoms with E-state index in [-0.39, 0.29) is 30.4 Å². The first-order valence-electron chi connectivity index (χ1n) is 11.2. The van der Waals surface area contributed by atoms with Gasteiger partial charge in [-0.2, -0.15) is 0 Å². The maximum absolute atomic E-state index is 13.5. The smallest absolute Gasteiger partial charge is 0.256 e. The molecule has 0 unspecified atom stereocenters. The standard InChI is InChI=1S/C25H28FN3O4/c1-17(2)27-22(30)21-16-33-25(29(21)24(32)18-6-4-3-5-7-18)12-14-28(15-13-25)23(31)19-8-10-20(26)11-9-19/h3-11,17,21H,12-16H2,1-2H3,(H,27,30)/t21-/m1/s1. The highest BCUT2D eigenvalue weighted by molar-refractivity contribution is 5.98. The van der Waals surface area contributed by atoms with E-state index in [1.807, 2.05) is 19.9 Å². The van der Waals surface area contributed by atoms with Crippen molar-refractivity contribution >= 4 is 17.7 Å². The average Bonchev–Trinajstić information content (AvgIpc) is 3.18. The Balaban J connectivity index is 1.56. The van der Waals surface area contributed by atoms with Crippen LogP contribution in [0.5, 0.6) is 0 Å². The molecule has 7 nitrogen and oxygen atoms in total. The Bertz CT molecular complexity index is 1020. The van der Waals surface area contributed by atoms with Crippen LogP contribution in [0.25, 0.3) is 0 Å². The van der Waals surface area contributed by atoms with Crippen molar-refractivity contribution in [3.8, 4) is 0 Å². The van der Waals surface area contributed by atoms with Crippen LogP contribution in [0.4, 0.5) is 4.39 Å². The highest BCUT2D eigenvalue weighted by atomic mass is 19.1. The molecule has 0 aromatic heterocycles. The molecule has 1 N–H and O–H groups in total. The van der Waals surface area contributed by atoms with Crippen LogP contribution in [-0.2, 0) is 9.53 Å². The first kappa shape index (κ1) is 22.9. The van der Waals surface area contributed by atoms with Gasteiger partial charge in [-0.1, -0.05) is 18.2 Å². The normalized spacial score (nSPS) is 19.7. The van der Waals surface area contributed by atoms with Crippen molar-refractivity contribution in [2.45, 2.75) is 44.5 Å². The minimum atomic E-state index is -0.967. The average molecular weight is 454 g/mol. The number of rotatable bonds is 4. The van der Waals surface area contributed by atoms with E-state index in [9.17, 15) is 18.8 Å². The lowest BCUT2D eigenvalue weighted by molar-refractivity contribution is -0.128. The monoisotopic (exact) mass is 453 g/mol. The summed E-state index contributed by atoms with van der Waals surface area (Å²) in [6.07, 6.45) is 0.758. The number of ether oxygens (including phenoxy) is 1. The molecule has 4 rings (SSSR count). The molecule has 0 aliphatic carbocycles. The van der Waals surface area contributed by atoms with Gasteiger partial charge in [0.15, 0.2) is 0 Å². The van der Waals surface area contributed by atoms with Gasteiger partial charge in [-0.05, 0) is 50.2 Å². The van der Waals surface area contributed by atoms with Crippen molar-refractivity contribution in [1.82, 2.24) is 15.1 Å². The van der Waals surface area contributed by atoms with Crippen LogP contribution >= 0.6 is 0 Å². The highest BCUT2D eigenvalue weighted by Gasteiger charge is 2.54. The van der Waals surface area contributed by atoms with Gasteiger partial charge in [0.25, 0.3) is 11.8 Å². The fourth-order valence-corrected chi connectivity index (χ4v) is 4.50. The molecule has 3 amide bonds. The molecular formula is C25H28FN3O4. The Kier molecular flexibility index (Phi) is 6.47. The van der Waals surface area contributed by atoms with Gasteiger partial charge in [0, 0.05) is 43.1 Å². The number of hydrogen-bond acceptors (Lipinski definition) is 4. The first-order chi connectivity index (χ1) is 15.8. The second-order valence-corrected chi connectivity index (χ2v) is 8.78. The third-order valence-corrected chi connectivity index (χ3v) is 6.16. The minimum Gasteiger partial charge on any atom is -0.353 e. The van der Waals surface area contributed by atoms with Crippen LogP contribution in [0.3, 0.4) is 0 Å². The largest absolute Gasteiger partial charge is 0.353 e. The predicted octanol–water partition coefficient (Wildman–Crippen LogP) is 2.82. The fraction of sp³-hybridized carbons (Fsp3) is 0.400. The van der Waals surface area contributed by atoms with Gasteiger partial charge >= 0.3 is 0 Å². The van der Waals surface area contributed by atoms with E-state index in [0.29, 0.717) is 37.1 Å². The van der Waals surface area contributed by atoms with Crippen molar-refractivity contribution in [3.63, 3.8) is 0 Å². The molecule has 0 saturated carbocycles. The number of carbonyl (C=O) groups excluding carboxylic acids is 3. The zero-order chi connectivity index (χ0) is 23.6. The highest BCUT2D eigenvalue weighted by Crippen LogP contribution is 2.38. The first-order valence-corrected chi connectivity index (χ1v) is 11.2. The number of likely N-dealkylation sites (tertiary alicyclic amines) is 1. The lowest BCUT2D eigenvalue weighted by Gasteiger charge is -2.44. The summed E-state index contributed by atoms with van der Waals surface area (Å²) in [5, 5.41) is 2.89. The molecule has 33 heavy (non-hydrogen) atoms. The summed E-state index contributed by atoms with van der Waals surface area (Å²) in [4.78, 5) is 42.6. The third-order valence-electron chi connectivity index (χ3n) is 6.16. The lowest BCUT2D eigenvalue weighted by Crippen LogP contribution is -2.60. The van der Waals surface area contributed by atoms with Gasteiger partial charge in [0.05, 0.1) is 6.61 Å². The van der Waals surface area contributed by atoms with Crippen molar-refractivity contribution < 1.29 is 23.5 Å². The second-order valence-electron chi connectivity index (χ2n) is 8.78. The maximum Gasteiger partial charge on any atom is 0.256 e. The Hall–Kier alpha value is -3.26. The number of carbonyl (C=O) groups is 3. The molecule has 2 aliphatic rings. The van der Waals surface area contributed by atoms with Gasteiger partial charge in [-0.25, -0.2) is 4.39 Å². The molecule has 2 aliphatic heterocycles. The van der Waals surface area contributed by atoms with Gasteiger partial charge in [0.1, 0.15) is 17.6 Å². The van der Waals surface area contributed by atoms with E-state index in [2.05, 4.69) is 5.32 Å². The molecule has 1 atom stereocenters. The third kappa shape index (κ3) is 4.61. The molecule has 8 heteroatoms. The van der Waals surface area contributed by atoms with E-state index in [1.54, 1.807) is 34.1 Å². The fourth-order valence-electron chi connectivity index (χ4n) is 4.50. The second kappa shape index (κ2) is 9.31. The van der Waals surface area contributed by atoms with Crippen LogP contribution < -0.4 is 5.32 Å². The maximum atomic E-state index is 13.5. The van der Waals surface area contributed by atoms with Crippen LogP contribution in [-0.4, -0.2) is 65.0 Å². The van der Waals surface area contributed by atoms with Crippen molar-refractivity contribution in [2.24, 2.45) is 0 Å². The number of halogens is 1. The summed E-state index contributed by atoms with van der Waals surface area (Å²) < 4.78 is 19.4. The summed E-state index contributed by atoms with van der Waals surface area (Å²) in [6.45, 7) is 4.54. The summed E-state index contributed by atoms with van der Waals surface area (Å²) >= 11 is 0. The quantitative estimate of drug-likeness (QED) is 0.772. The van der Waals surface area contributed by atoms with E-state index in [1.165, 1.54) is 24.3 Å². The molecule has 1 spiro atoms. The van der Waals surface area contributed by atoms with E-state index < -0.39 is 17.6 Å². The van der Waals surface area contributed by atoms with Crippen LogP contribution in [0.15, 0.2) is 54.6 Å². The number of nitrogens with one attached hydrogen (secondary N) is 1. The number of piperidine rings is 1. The molecule has 2 saturated heterocycles. The van der Waals surface area contributed by atoms with Crippen LogP contribution in [0.1, 0.15) is 47.4 Å². The van der Waals surface area contributed by atoms with Crippen LogP contribution in [0.2, 0.25) is 0 Å². The molecule has 0 bridgehead atoms. The van der Waals surface area contributed by atoms with Gasteiger partial charge < -0.3 is 15.0 Å². The van der Waals surface area contributed by atoms with Gasteiger partial charge in [-0.15, -0.1) is 0 Å². The summed E-state index contributed by atoms with van der Waals surface area (Å²) in [6, 6.07) is 13.5. The summed E-state index contributed by atoms with van der Waals surface area (Å²) in [5.74, 6) is -1.12. The predicted molar refractivity (Wildman–Crippen MR) is 120 cm³/mol. The Morgan fingerprint density at radius 2 is 1.58 bits per heavy atom. The SMILES string of the molecule is CC(C)NC(=O)[C@H]1COC2(CCN(C(=O)c3ccc(F)cc3)CC2)N1C(=O)c1ccccc1. The van der Waals surface area contributed by atoms with E-state index in [0.717, 1.165) is 0 Å². The zero-order valence-corrected chi connectivity index (χ0v) is 18.8. The Labute approximate surface area is 192 Å².